The Morgan fingerprint density at radius 3 is 2.55 bits per heavy atom. The van der Waals surface area contributed by atoms with Gasteiger partial charge >= 0.3 is 5.97 Å². The molecule has 2 heterocycles. The minimum absolute atomic E-state index is 0.0265. The number of hydrogen-bond donors (Lipinski definition) is 2. The van der Waals surface area contributed by atoms with Gasteiger partial charge in [0, 0.05) is 24.7 Å². The standard InChI is InChI=1S/C21H21N3O5/c25-19(26)13-28-16-7-5-15(6-8-16)22-20(27)14-9-11-24(12-10-14)21-23-17-3-1-2-4-18(17)29-21/h1-8,14H,9-13H2,(H,22,27)(H,25,26). The zero-order valence-corrected chi connectivity index (χ0v) is 15.7. The van der Waals surface area contributed by atoms with Gasteiger partial charge in [-0.1, -0.05) is 12.1 Å². The maximum absolute atomic E-state index is 12.6. The van der Waals surface area contributed by atoms with Gasteiger partial charge in [-0.25, -0.2) is 4.79 Å². The first kappa shape index (κ1) is 18.8. The van der Waals surface area contributed by atoms with E-state index in [0.717, 1.165) is 11.1 Å². The average Bonchev–Trinajstić information content (AvgIpc) is 3.17. The van der Waals surface area contributed by atoms with E-state index in [-0.39, 0.29) is 11.8 Å². The summed E-state index contributed by atoms with van der Waals surface area (Å²) in [4.78, 5) is 29.7. The second-order valence-electron chi connectivity index (χ2n) is 6.92. The monoisotopic (exact) mass is 395 g/mol. The van der Waals surface area contributed by atoms with Crippen LogP contribution in [0.25, 0.3) is 11.1 Å². The lowest BCUT2D eigenvalue weighted by Gasteiger charge is -2.30. The zero-order valence-electron chi connectivity index (χ0n) is 15.7. The number of para-hydroxylation sites is 2. The topological polar surface area (TPSA) is 105 Å². The summed E-state index contributed by atoms with van der Waals surface area (Å²) < 4.78 is 10.9. The first-order valence-electron chi connectivity index (χ1n) is 9.44. The van der Waals surface area contributed by atoms with E-state index in [9.17, 15) is 9.59 Å². The Bertz CT molecular complexity index is 974. The van der Waals surface area contributed by atoms with Gasteiger partial charge in [-0.15, -0.1) is 0 Å². The molecule has 1 fully saturated rings. The first-order chi connectivity index (χ1) is 14.1. The largest absolute Gasteiger partial charge is 0.482 e. The summed E-state index contributed by atoms with van der Waals surface area (Å²) in [7, 11) is 0. The lowest BCUT2D eigenvalue weighted by atomic mass is 9.96. The molecule has 3 aromatic rings. The van der Waals surface area contributed by atoms with Gasteiger partial charge in [0.25, 0.3) is 6.01 Å². The SMILES string of the molecule is O=C(O)COc1ccc(NC(=O)C2CCN(c3nc4ccccc4o3)CC2)cc1. The quantitative estimate of drug-likeness (QED) is 0.660. The van der Waals surface area contributed by atoms with E-state index in [1.807, 2.05) is 24.3 Å². The number of fused-ring (bicyclic) bond motifs is 1. The number of rotatable bonds is 6. The molecule has 29 heavy (non-hydrogen) atoms. The Morgan fingerprint density at radius 1 is 1.14 bits per heavy atom. The molecule has 0 bridgehead atoms. The van der Waals surface area contributed by atoms with Crippen molar-refractivity contribution in [3.8, 4) is 5.75 Å². The number of aliphatic carboxylic acids is 1. The van der Waals surface area contributed by atoms with Crippen molar-refractivity contribution in [2.45, 2.75) is 12.8 Å². The molecule has 1 aliphatic rings. The summed E-state index contributed by atoms with van der Waals surface area (Å²) in [6.07, 6.45) is 1.43. The molecule has 1 amide bonds. The summed E-state index contributed by atoms with van der Waals surface area (Å²) in [5.41, 5.74) is 2.25. The molecule has 0 aliphatic carbocycles. The lowest BCUT2D eigenvalue weighted by Crippen LogP contribution is -2.38. The molecule has 1 aromatic heterocycles. The van der Waals surface area contributed by atoms with E-state index >= 15 is 0 Å². The van der Waals surface area contributed by atoms with Crippen molar-refractivity contribution in [3.05, 3.63) is 48.5 Å². The molecule has 8 heteroatoms. The minimum Gasteiger partial charge on any atom is -0.482 e. The number of hydrogen-bond acceptors (Lipinski definition) is 6. The number of carboxylic acid groups (broad SMARTS) is 1. The molecule has 8 nitrogen and oxygen atoms in total. The fraction of sp³-hybridized carbons (Fsp3) is 0.286. The van der Waals surface area contributed by atoms with Crippen LogP contribution in [-0.2, 0) is 9.59 Å². The summed E-state index contributed by atoms with van der Waals surface area (Å²) in [6.45, 7) is 1.00. The maximum atomic E-state index is 12.6. The van der Waals surface area contributed by atoms with Crippen molar-refractivity contribution >= 4 is 34.7 Å². The van der Waals surface area contributed by atoms with Crippen LogP contribution in [0.5, 0.6) is 5.75 Å². The summed E-state index contributed by atoms with van der Waals surface area (Å²) in [5.74, 6) is -0.705. The van der Waals surface area contributed by atoms with Crippen LogP contribution < -0.4 is 15.0 Å². The van der Waals surface area contributed by atoms with Gasteiger partial charge in [0.05, 0.1) is 0 Å². The van der Waals surface area contributed by atoms with E-state index in [1.54, 1.807) is 24.3 Å². The molecule has 150 valence electrons. The fourth-order valence-corrected chi connectivity index (χ4v) is 3.35. The minimum atomic E-state index is -1.04. The number of nitrogens with one attached hydrogen (secondary N) is 1. The highest BCUT2D eigenvalue weighted by molar-refractivity contribution is 5.92. The van der Waals surface area contributed by atoms with E-state index < -0.39 is 12.6 Å². The van der Waals surface area contributed by atoms with Crippen molar-refractivity contribution in [2.75, 3.05) is 29.9 Å². The molecule has 4 rings (SSSR count). The molecule has 0 spiro atoms. The number of anilines is 2. The zero-order chi connectivity index (χ0) is 20.2. The van der Waals surface area contributed by atoms with Crippen molar-refractivity contribution < 1.29 is 23.8 Å². The van der Waals surface area contributed by atoms with Gasteiger partial charge in [-0.2, -0.15) is 4.98 Å². The lowest BCUT2D eigenvalue weighted by molar-refractivity contribution is -0.139. The summed E-state index contributed by atoms with van der Waals surface area (Å²) >= 11 is 0. The molecule has 1 aliphatic heterocycles. The normalized spacial score (nSPS) is 14.7. The van der Waals surface area contributed by atoms with Gasteiger partial charge in [-0.3, -0.25) is 4.79 Å². The summed E-state index contributed by atoms with van der Waals surface area (Å²) in [6, 6.07) is 14.9. The predicted molar refractivity (Wildman–Crippen MR) is 107 cm³/mol. The third-order valence-corrected chi connectivity index (χ3v) is 4.90. The number of amides is 1. The van der Waals surface area contributed by atoms with Crippen LogP contribution in [0.15, 0.2) is 52.9 Å². The van der Waals surface area contributed by atoms with Crippen molar-refractivity contribution in [1.82, 2.24) is 4.98 Å². The van der Waals surface area contributed by atoms with Crippen molar-refractivity contribution in [1.29, 1.82) is 0 Å². The average molecular weight is 395 g/mol. The van der Waals surface area contributed by atoms with Crippen LogP contribution in [-0.4, -0.2) is 41.7 Å². The van der Waals surface area contributed by atoms with Gasteiger partial charge in [0.15, 0.2) is 12.2 Å². The van der Waals surface area contributed by atoms with Crippen molar-refractivity contribution in [3.63, 3.8) is 0 Å². The Balaban J connectivity index is 1.30. The fourth-order valence-electron chi connectivity index (χ4n) is 3.35. The van der Waals surface area contributed by atoms with Gasteiger partial charge < -0.3 is 24.5 Å². The highest BCUT2D eigenvalue weighted by Crippen LogP contribution is 2.27. The number of benzene rings is 2. The molecule has 0 radical (unpaired) electrons. The number of ether oxygens (including phenoxy) is 1. The molecular formula is C21H21N3O5. The van der Waals surface area contributed by atoms with Crippen LogP contribution in [0.4, 0.5) is 11.7 Å². The van der Waals surface area contributed by atoms with Crippen LogP contribution in [0, 0.1) is 5.92 Å². The van der Waals surface area contributed by atoms with Crippen LogP contribution in [0.1, 0.15) is 12.8 Å². The number of carbonyl (C=O) groups is 2. The smallest absolute Gasteiger partial charge is 0.341 e. The third kappa shape index (κ3) is 4.48. The van der Waals surface area contributed by atoms with Crippen LogP contribution >= 0.6 is 0 Å². The third-order valence-electron chi connectivity index (χ3n) is 4.90. The van der Waals surface area contributed by atoms with E-state index in [0.29, 0.717) is 43.4 Å². The first-order valence-corrected chi connectivity index (χ1v) is 9.44. The molecule has 0 unspecified atom stereocenters. The number of aromatic nitrogens is 1. The van der Waals surface area contributed by atoms with E-state index in [2.05, 4.69) is 15.2 Å². The van der Waals surface area contributed by atoms with Crippen LogP contribution in [0.2, 0.25) is 0 Å². The second kappa shape index (κ2) is 8.22. The number of carbonyl (C=O) groups excluding carboxylic acids is 1. The van der Waals surface area contributed by atoms with E-state index in [4.69, 9.17) is 14.3 Å². The molecule has 2 aromatic carbocycles. The number of piperidine rings is 1. The van der Waals surface area contributed by atoms with Crippen molar-refractivity contribution in [2.24, 2.45) is 5.92 Å². The number of oxazole rings is 1. The Morgan fingerprint density at radius 2 is 1.86 bits per heavy atom. The Kier molecular flexibility index (Phi) is 5.33. The highest BCUT2D eigenvalue weighted by Gasteiger charge is 2.27. The van der Waals surface area contributed by atoms with Gasteiger partial charge in [0.2, 0.25) is 5.91 Å². The number of nitrogens with zero attached hydrogens (tertiary/aromatic N) is 2. The highest BCUT2D eigenvalue weighted by atomic mass is 16.5. The Labute approximate surface area is 167 Å². The van der Waals surface area contributed by atoms with Crippen LogP contribution in [0.3, 0.4) is 0 Å². The number of carboxylic acids is 1. The van der Waals surface area contributed by atoms with E-state index in [1.165, 1.54) is 0 Å². The Hall–Kier alpha value is -3.55. The van der Waals surface area contributed by atoms with Gasteiger partial charge in [0.1, 0.15) is 11.3 Å². The van der Waals surface area contributed by atoms with Gasteiger partial charge in [-0.05, 0) is 49.2 Å². The summed E-state index contributed by atoms with van der Waals surface area (Å²) in [5, 5.41) is 11.5. The predicted octanol–water partition coefficient (Wildman–Crippen LogP) is 3.15. The molecule has 0 saturated carbocycles. The second-order valence-corrected chi connectivity index (χ2v) is 6.92. The molecule has 0 atom stereocenters. The molecule has 2 N–H and O–H groups in total. The molecule has 1 saturated heterocycles. The molecular weight excluding hydrogens is 374 g/mol. The maximum Gasteiger partial charge on any atom is 0.341 e.